The average Bonchev–Trinajstić information content (AvgIpc) is 2.44. The fourth-order valence-electron chi connectivity index (χ4n) is 2.66. The molecule has 0 unspecified atom stereocenters. The first-order valence-corrected chi connectivity index (χ1v) is 8.32. The molecule has 21 heavy (non-hydrogen) atoms. The predicted molar refractivity (Wildman–Crippen MR) is 79.3 cm³/mol. The van der Waals surface area contributed by atoms with E-state index in [0.717, 1.165) is 0 Å². The van der Waals surface area contributed by atoms with Crippen molar-refractivity contribution in [1.82, 2.24) is 4.98 Å². The number of hydrogen-bond acceptors (Lipinski definition) is 2. The first-order chi connectivity index (χ1) is 9.91. The summed E-state index contributed by atoms with van der Waals surface area (Å²) in [5, 5.41) is 1.17. The number of pyridine rings is 1. The Balaban J connectivity index is 2.00. The molecule has 1 aromatic rings. The van der Waals surface area contributed by atoms with E-state index in [1.807, 2.05) is 0 Å². The molecule has 0 spiro atoms. The molecule has 0 bridgehead atoms. The lowest BCUT2D eigenvalue weighted by molar-refractivity contribution is -0.182. The van der Waals surface area contributed by atoms with Crippen LogP contribution in [-0.4, -0.2) is 23.1 Å². The van der Waals surface area contributed by atoms with Gasteiger partial charge in [-0.15, -0.1) is 0 Å². The third-order valence-electron chi connectivity index (χ3n) is 3.77. The summed E-state index contributed by atoms with van der Waals surface area (Å²) in [6.45, 7) is 0.508. The van der Waals surface area contributed by atoms with E-state index in [0.29, 0.717) is 41.2 Å². The van der Waals surface area contributed by atoms with Crippen LogP contribution >= 0.6 is 27.5 Å². The van der Waals surface area contributed by atoms with Gasteiger partial charge in [0, 0.05) is 17.3 Å². The minimum atomic E-state index is -4.09. The van der Waals surface area contributed by atoms with Crippen molar-refractivity contribution in [1.29, 1.82) is 0 Å². The molecule has 1 heterocycles. The van der Waals surface area contributed by atoms with Crippen molar-refractivity contribution in [3.63, 3.8) is 0 Å². The summed E-state index contributed by atoms with van der Waals surface area (Å²) < 4.78 is 43.4. The van der Waals surface area contributed by atoms with E-state index in [1.54, 1.807) is 12.3 Å². The summed E-state index contributed by atoms with van der Waals surface area (Å²) in [4.78, 5) is 4.29. The molecule has 1 aromatic heterocycles. The van der Waals surface area contributed by atoms with Crippen molar-refractivity contribution < 1.29 is 17.9 Å². The Labute approximate surface area is 135 Å². The largest absolute Gasteiger partial charge is 0.491 e. The Morgan fingerprint density at radius 1 is 1.29 bits per heavy atom. The lowest BCUT2D eigenvalue weighted by atomic mass is 9.80. The van der Waals surface area contributed by atoms with Crippen molar-refractivity contribution in [2.75, 3.05) is 11.9 Å². The Kier molecular flexibility index (Phi) is 5.77. The van der Waals surface area contributed by atoms with Gasteiger partial charge in [0.05, 0.1) is 29.4 Å². The molecule has 0 atom stereocenters. The first-order valence-electron chi connectivity index (χ1n) is 6.82. The van der Waals surface area contributed by atoms with Gasteiger partial charge in [-0.05, 0) is 25.7 Å². The van der Waals surface area contributed by atoms with Crippen molar-refractivity contribution in [2.45, 2.75) is 37.8 Å². The standard InChI is InChI=1S/C14H16BrClF3NO/c15-5-6-21-11-7-12(16)13(20-8-11)9-1-3-10(4-2-9)14(17,18)19/h7-10H,1-6H2. The van der Waals surface area contributed by atoms with E-state index < -0.39 is 12.1 Å². The molecule has 0 aromatic carbocycles. The number of nitrogens with zero attached hydrogens (tertiary/aromatic N) is 1. The van der Waals surface area contributed by atoms with Crippen LogP contribution in [0.2, 0.25) is 5.02 Å². The summed E-state index contributed by atoms with van der Waals surface area (Å²) in [5.41, 5.74) is 0.684. The van der Waals surface area contributed by atoms with E-state index in [4.69, 9.17) is 16.3 Å². The van der Waals surface area contributed by atoms with Crippen LogP contribution < -0.4 is 4.74 Å². The fraction of sp³-hybridized carbons (Fsp3) is 0.643. The van der Waals surface area contributed by atoms with Crippen LogP contribution in [-0.2, 0) is 0 Å². The maximum atomic E-state index is 12.7. The monoisotopic (exact) mass is 385 g/mol. The van der Waals surface area contributed by atoms with Gasteiger partial charge in [0.1, 0.15) is 5.75 Å². The molecule has 118 valence electrons. The number of rotatable bonds is 4. The summed E-state index contributed by atoms with van der Waals surface area (Å²) in [7, 11) is 0. The van der Waals surface area contributed by atoms with Gasteiger partial charge in [0.2, 0.25) is 0 Å². The normalized spacial score (nSPS) is 23.1. The van der Waals surface area contributed by atoms with Gasteiger partial charge in [-0.3, -0.25) is 4.98 Å². The highest BCUT2D eigenvalue weighted by atomic mass is 79.9. The topological polar surface area (TPSA) is 22.1 Å². The SMILES string of the molecule is FC(F)(F)C1CCC(c2ncc(OCCBr)cc2Cl)CC1. The van der Waals surface area contributed by atoms with Crippen LogP contribution in [0.1, 0.15) is 37.3 Å². The number of aromatic nitrogens is 1. The molecule has 0 saturated heterocycles. The van der Waals surface area contributed by atoms with Crippen molar-refractivity contribution in [2.24, 2.45) is 5.92 Å². The molecular weight excluding hydrogens is 371 g/mol. The number of hydrogen-bond donors (Lipinski definition) is 0. The summed E-state index contributed by atoms with van der Waals surface area (Å²) >= 11 is 9.45. The van der Waals surface area contributed by atoms with Gasteiger partial charge in [0.15, 0.2) is 0 Å². The van der Waals surface area contributed by atoms with Crippen LogP contribution in [0.3, 0.4) is 0 Å². The molecule has 0 N–H and O–H groups in total. The third-order valence-corrected chi connectivity index (χ3v) is 4.39. The molecule has 0 aliphatic heterocycles. The van der Waals surface area contributed by atoms with Crippen LogP contribution in [0, 0.1) is 5.92 Å². The quantitative estimate of drug-likeness (QED) is 0.651. The minimum absolute atomic E-state index is 0.00123. The number of ether oxygens (including phenoxy) is 1. The molecule has 0 radical (unpaired) electrons. The smallest absolute Gasteiger partial charge is 0.391 e. The van der Waals surface area contributed by atoms with Crippen LogP contribution in [0.4, 0.5) is 13.2 Å². The Bertz CT molecular complexity index is 476. The molecule has 0 amide bonds. The molecule has 1 aliphatic rings. The zero-order valence-corrected chi connectivity index (χ0v) is 13.6. The van der Waals surface area contributed by atoms with E-state index in [2.05, 4.69) is 20.9 Å². The molecule has 1 fully saturated rings. The molecular formula is C14H16BrClF3NO. The maximum Gasteiger partial charge on any atom is 0.391 e. The zero-order valence-electron chi connectivity index (χ0n) is 11.3. The van der Waals surface area contributed by atoms with Gasteiger partial charge in [-0.25, -0.2) is 0 Å². The van der Waals surface area contributed by atoms with Gasteiger partial charge in [-0.2, -0.15) is 13.2 Å². The van der Waals surface area contributed by atoms with Crippen LogP contribution in [0.5, 0.6) is 5.75 Å². The van der Waals surface area contributed by atoms with E-state index >= 15 is 0 Å². The van der Waals surface area contributed by atoms with E-state index in [-0.39, 0.29) is 18.8 Å². The second-order valence-corrected chi connectivity index (χ2v) is 6.37. The lowest BCUT2D eigenvalue weighted by Gasteiger charge is -2.29. The van der Waals surface area contributed by atoms with Crippen molar-refractivity contribution in [3.05, 3.63) is 23.0 Å². The van der Waals surface area contributed by atoms with Crippen LogP contribution in [0.25, 0.3) is 0 Å². The highest BCUT2D eigenvalue weighted by molar-refractivity contribution is 9.09. The molecule has 7 heteroatoms. The Morgan fingerprint density at radius 3 is 2.48 bits per heavy atom. The molecule has 2 nitrogen and oxygen atoms in total. The average molecular weight is 387 g/mol. The highest BCUT2D eigenvalue weighted by Gasteiger charge is 2.41. The lowest BCUT2D eigenvalue weighted by Crippen LogP contribution is -2.27. The summed E-state index contributed by atoms with van der Waals surface area (Å²) in [6, 6.07) is 1.68. The van der Waals surface area contributed by atoms with Gasteiger partial charge < -0.3 is 4.74 Å². The second-order valence-electron chi connectivity index (χ2n) is 5.17. The number of halogens is 5. The van der Waals surface area contributed by atoms with Gasteiger partial charge >= 0.3 is 6.18 Å². The molecule has 1 aliphatic carbocycles. The molecule has 2 rings (SSSR count). The Hall–Kier alpha value is -0.490. The van der Waals surface area contributed by atoms with Gasteiger partial charge in [0.25, 0.3) is 0 Å². The third kappa shape index (κ3) is 4.49. The number of alkyl halides is 4. The fourth-order valence-corrected chi connectivity index (χ4v) is 3.13. The molecule has 1 saturated carbocycles. The minimum Gasteiger partial charge on any atom is -0.491 e. The second kappa shape index (κ2) is 7.18. The highest BCUT2D eigenvalue weighted by Crippen LogP contribution is 2.43. The summed E-state index contributed by atoms with van der Waals surface area (Å²) in [6.07, 6.45) is -1.27. The zero-order chi connectivity index (χ0) is 15.5. The predicted octanol–water partition coefficient (Wildman–Crippen LogP) is 5.34. The van der Waals surface area contributed by atoms with E-state index in [9.17, 15) is 13.2 Å². The van der Waals surface area contributed by atoms with Gasteiger partial charge in [-0.1, -0.05) is 27.5 Å². The van der Waals surface area contributed by atoms with Crippen molar-refractivity contribution in [3.8, 4) is 5.75 Å². The van der Waals surface area contributed by atoms with Crippen LogP contribution in [0.15, 0.2) is 12.3 Å². The first kappa shape index (κ1) is 16.9. The van der Waals surface area contributed by atoms with Crippen molar-refractivity contribution >= 4 is 27.5 Å². The Morgan fingerprint density at radius 2 is 1.95 bits per heavy atom. The maximum absolute atomic E-state index is 12.7. The van der Waals surface area contributed by atoms with E-state index in [1.165, 1.54) is 0 Å². The summed E-state index contributed by atoms with van der Waals surface area (Å²) in [5.74, 6) is -0.609.